The van der Waals surface area contributed by atoms with E-state index in [1.54, 1.807) is 0 Å². The van der Waals surface area contributed by atoms with Crippen molar-refractivity contribution in [2.75, 3.05) is 31.1 Å². The Morgan fingerprint density at radius 2 is 1.94 bits per heavy atom. The Kier molecular flexibility index (Phi) is 7.52. The van der Waals surface area contributed by atoms with Crippen LogP contribution >= 0.6 is 11.6 Å². The van der Waals surface area contributed by atoms with Crippen molar-refractivity contribution in [3.8, 4) is 0 Å². The molecule has 3 rings (SSSR count). The molecule has 1 aliphatic heterocycles. The van der Waals surface area contributed by atoms with Crippen LogP contribution in [0.25, 0.3) is 10.9 Å². The van der Waals surface area contributed by atoms with E-state index in [1.807, 2.05) is 37.8 Å². The molecular weight excluding hydrogens is 442 g/mol. The van der Waals surface area contributed by atoms with Gasteiger partial charge in [0.05, 0.1) is 5.52 Å². The predicted octanol–water partition coefficient (Wildman–Crippen LogP) is 6.05. The first-order valence-electron chi connectivity index (χ1n) is 11.4. The molecule has 1 aliphatic rings. The van der Waals surface area contributed by atoms with Crippen molar-refractivity contribution in [3.05, 3.63) is 29.4 Å². The van der Waals surface area contributed by atoms with Gasteiger partial charge >= 0.3 is 6.09 Å². The molecule has 0 aliphatic carbocycles. The third-order valence-electron chi connectivity index (χ3n) is 5.65. The fourth-order valence-corrected chi connectivity index (χ4v) is 4.89. The van der Waals surface area contributed by atoms with Crippen LogP contribution in [0.2, 0.25) is 30.7 Å². The van der Waals surface area contributed by atoms with Gasteiger partial charge in [-0.25, -0.2) is 4.79 Å². The van der Waals surface area contributed by atoms with Gasteiger partial charge in [-0.05, 0) is 51.9 Å². The topological polar surface area (TPSA) is 46.9 Å². The number of carbonyl (C=O) groups excluding carboxylic acids is 1. The molecule has 2 heterocycles. The van der Waals surface area contributed by atoms with E-state index in [-0.39, 0.29) is 12.1 Å². The second-order valence-electron chi connectivity index (χ2n) is 11.0. The van der Waals surface area contributed by atoms with E-state index in [1.165, 1.54) is 0 Å². The average Bonchev–Trinajstić information content (AvgIpc) is 3.05. The van der Waals surface area contributed by atoms with Crippen molar-refractivity contribution in [1.82, 2.24) is 9.47 Å². The number of rotatable bonds is 6. The van der Waals surface area contributed by atoms with Gasteiger partial charge in [-0.15, -0.1) is 0 Å². The summed E-state index contributed by atoms with van der Waals surface area (Å²) in [6.45, 7) is 18.2. The van der Waals surface area contributed by atoms with Gasteiger partial charge in [0.2, 0.25) is 0 Å². The SMILES string of the molecule is CC1CN(c2cc(Cl)cc3c2ccn3COCC[Si](C)(C)C)CCN1C(=O)OC(C)(C)C. The normalized spacial score (nSPS) is 17.8. The Morgan fingerprint density at radius 1 is 1.22 bits per heavy atom. The third-order valence-corrected chi connectivity index (χ3v) is 7.58. The molecule has 1 fully saturated rings. The van der Waals surface area contributed by atoms with Gasteiger partial charge in [-0.1, -0.05) is 31.2 Å². The number of anilines is 1. The van der Waals surface area contributed by atoms with E-state index in [0.717, 1.165) is 42.3 Å². The Balaban J connectivity index is 1.73. The van der Waals surface area contributed by atoms with Crippen LogP contribution in [0.3, 0.4) is 0 Å². The highest BCUT2D eigenvalue weighted by Gasteiger charge is 2.31. The first-order valence-corrected chi connectivity index (χ1v) is 15.5. The monoisotopic (exact) mass is 479 g/mol. The molecule has 0 radical (unpaired) electrons. The molecule has 1 atom stereocenters. The summed E-state index contributed by atoms with van der Waals surface area (Å²) < 4.78 is 13.7. The van der Waals surface area contributed by atoms with Crippen molar-refractivity contribution in [2.24, 2.45) is 0 Å². The van der Waals surface area contributed by atoms with Gasteiger partial charge in [0.15, 0.2) is 0 Å². The number of benzene rings is 1. The molecule has 1 aromatic carbocycles. The van der Waals surface area contributed by atoms with E-state index < -0.39 is 13.7 Å². The third kappa shape index (κ3) is 6.42. The summed E-state index contributed by atoms with van der Waals surface area (Å²) in [5.41, 5.74) is 1.68. The fraction of sp³-hybridized carbons (Fsp3) is 0.625. The minimum Gasteiger partial charge on any atom is -0.444 e. The summed E-state index contributed by atoms with van der Waals surface area (Å²) in [4.78, 5) is 16.7. The number of piperazine rings is 1. The first kappa shape index (κ1) is 24.9. The molecule has 0 N–H and O–H groups in total. The number of halogens is 1. The van der Waals surface area contributed by atoms with E-state index in [9.17, 15) is 4.79 Å². The standard InChI is InChI=1S/C24H38ClN3O3Si/c1-18-16-26(10-11-28(18)23(29)31-24(2,3)4)21-14-19(25)15-22-20(21)8-9-27(22)17-30-12-13-32(5,6)7/h8-9,14-15,18H,10-13,16-17H2,1-7H3. The molecule has 0 spiro atoms. The molecule has 1 unspecified atom stereocenters. The zero-order chi connectivity index (χ0) is 23.7. The summed E-state index contributed by atoms with van der Waals surface area (Å²) in [6.07, 6.45) is 1.82. The molecule has 0 saturated carbocycles. The number of hydrogen-bond donors (Lipinski definition) is 0. The lowest BCUT2D eigenvalue weighted by atomic mass is 10.1. The molecule has 6 nitrogen and oxygen atoms in total. The van der Waals surface area contributed by atoms with Crippen LogP contribution in [0.5, 0.6) is 0 Å². The van der Waals surface area contributed by atoms with Crippen LogP contribution in [0.1, 0.15) is 27.7 Å². The minimum atomic E-state index is -1.11. The molecular formula is C24H38ClN3O3Si. The van der Waals surface area contributed by atoms with Crippen LogP contribution in [-0.4, -0.2) is 61.5 Å². The molecule has 2 aromatic rings. The van der Waals surface area contributed by atoms with Crippen LogP contribution in [0.15, 0.2) is 24.4 Å². The number of carbonyl (C=O) groups is 1. The Bertz CT molecular complexity index is 948. The Morgan fingerprint density at radius 3 is 2.56 bits per heavy atom. The number of ether oxygens (including phenoxy) is 2. The number of hydrogen-bond acceptors (Lipinski definition) is 4. The van der Waals surface area contributed by atoms with Crippen molar-refractivity contribution in [3.63, 3.8) is 0 Å². The summed E-state index contributed by atoms with van der Waals surface area (Å²) in [5, 5.41) is 1.86. The average molecular weight is 480 g/mol. The van der Waals surface area contributed by atoms with Crippen LogP contribution in [-0.2, 0) is 16.2 Å². The lowest BCUT2D eigenvalue weighted by Crippen LogP contribution is -2.55. The highest BCUT2D eigenvalue weighted by molar-refractivity contribution is 6.76. The second kappa shape index (κ2) is 9.65. The summed E-state index contributed by atoms with van der Waals surface area (Å²) in [7, 11) is -1.11. The summed E-state index contributed by atoms with van der Waals surface area (Å²) in [6, 6.07) is 7.35. The van der Waals surface area contributed by atoms with Gasteiger partial charge in [0, 0.05) is 62.6 Å². The second-order valence-corrected chi connectivity index (χ2v) is 17.0. The number of fused-ring (bicyclic) bond motifs is 1. The maximum atomic E-state index is 12.6. The minimum absolute atomic E-state index is 0.0413. The van der Waals surface area contributed by atoms with Crippen LogP contribution in [0.4, 0.5) is 10.5 Å². The van der Waals surface area contributed by atoms with Gasteiger partial charge in [0.25, 0.3) is 0 Å². The van der Waals surface area contributed by atoms with Crippen LogP contribution < -0.4 is 4.90 Å². The van der Waals surface area contributed by atoms with Gasteiger partial charge in [-0.3, -0.25) is 0 Å². The quantitative estimate of drug-likeness (QED) is 0.373. The molecule has 1 amide bonds. The van der Waals surface area contributed by atoms with Gasteiger partial charge in [0.1, 0.15) is 12.3 Å². The molecule has 0 bridgehead atoms. The van der Waals surface area contributed by atoms with E-state index in [4.69, 9.17) is 21.1 Å². The largest absolute Gasteiger partial charge is 0.444 e. The maximum absolute atomic E-state index is 12.6. The Hall–Kier alpha value is -1.70. The van der Waals surface area contributed by atoms with Crippen molar-refractivity contribution in [2.45, 2.75) is 71.8 Å². The number of aromatic nitrogens is 1. The lowest BCUT2D eigenvalue weighted by Gasteiger charge is -2.41. The molecule has 1 aromatic heterocycles. The maximum Gasteiger partial charge on any atom is 0.410 e. The highest BCUT2D eigenvalue weighted by atomic mass is 35.5. The molecule has 1 saturated heterocycles. The smallest absolute Gasteiger partial charge is 0.410 e. The summed E-state index contributed by atoms with van der Waals surface area (Å²) >= 11 is 6.52. The van der Waals surface area contributed by atoms with Gasteiger partial charge in [-0.2, -0.15) is 0 Å². The van der Waals surface area contributed by atoms with Crippen molar-refractivity contribution >= 4 is 42.4 Å². The summed E-state index contributed by atoms with van der Waals surface area (Å²) in [5.74, 6) is 0. The molecule has 8 heteroatoms. The zero-order valence-corrected chi connectivity index (χ0v) is 22.3. The Labute approximate surface area is 198 Å². The fourth-order valence-electron chi connectivity index (χ4n) is 3.93. The highest BCUT2D eigenvalue weighted by Crippen LogP contribution is 2.33. The van der Waals surface area contributed by atoms with Gasteiger partial charge < -0.3 is 23.8 Å². The predicted molar refractivity (Wildman–Crippen MR) is 136 cm³/mol. The number of amides is 1. The van der Waals surface area contributed by atoms with E-state index >= 15 is 0 Å². The van der Waals surface area contributed by atoms with E-state index in [0.29, 0.717) is 18.3 Å². The number of nitrogens with zero attached hydrogens (tertiary/aromatic N) is 3. The van der Waals surface area contributed by atoms with Crippen molar-refractivity contribution < 1.29 is 14.3 Å². The zero-order valence-electron chi connectivity index (χ0n) is 20.6. The first-order chi connectivity index (χ1) is 14.8. The van der Waals surface area contributed by atoms with Crippen LogP contribution in [0, 0.1) is 0 Å². The molecule has 178 valence electrons. The van der Waals surface area contributed by atoms with Crippen molar-refractivity contribution in [1.29, 1.82) is 0 Å². The molecule has 32 heavy (non-hydrogen) atoms. The lowest BCUT2D eigenvalue weighted by molar-refractivity contribution is 0.0159. The van der Waals surface area contributed by atoms with E-state index in [2.05, 4.69) is 48.3 Å².